The second-order valence-electron chi connectivity index (χ2n) is 3.47. The van der Waals surface area contributed by atoms with Gasteiger partial charge in [-0.3, -0.25) is 4.90 Å². The fourth-order valence-corrected chi connectivity index (χ4v) is 1.20. The SMILES string of the molecule is CC(C)[C@@H](C)N(CCO)CCO. The molecule has 0 aliphatic carbocycles. The lowest BCUT2D eigenvalue weighted by Crippen LogP contribution is -2.40. The van der Waals surface area contributed by atoms with Crippen LogP contribution in [0, 0.1) is 5.92 Å². The number of nitrogens with zero attached hydrogens (tertiary/aromatic N) is 1. The minimum Gasteiger partial charge on any atom is -0.395 e. The highest BCUT2D eigenvalue weighted by atomic mass is 16.3. The first-order valence-corrected chi connectivity index (χ1v) is 4.59. The Balaban J connectivity index is 3.89. The van der Waals surface area contributed by atoms with Crippen LogP contribution in [0.5, 0.6) is 0 Å². The average molecular weight is 175 g/mol. The van der Waals surface area contributed by atoms with Gasteiger partial charge in [-0.05, 0) is 12.8 Å². The molecule has 0 aromatic heterocycles. The van der Waals surface area contributed by atoms with Gasteiger partial charge in [-0.1, -0.05) is 13.8 Å². The van der Waals surface area contributed by atoms with Crippen molar-refractivity contribution in [3.8, 4) is 0 Å². The summed E-state index contributed by atoms with van der Waals surface area (Å²) in [5, 5.41) is 17.5. The third-order valence-corrected chi connectivity index (χ3v) is 2.32. The fraction of sp³-hybridized carbons (Fsp3) is 1.00. The Morgan fingerprint density at radius 2 is 1.42 bits per heavy atom. The molecule has 2 N–H and O–H groups in total. The van der Waals surface area contributed by atoms with Gasteiger partial charge in [0.1, 0.15) is 0 Å². The molecule has 0 radical (unpaired) electrons. The van der Waals surface area contributed by atoms with E-state index in [9.17, 15) is 0 Å². The Kier molecular flexibility index (Phi) is 6.34. The van der Waals surface area contributed by atoms with Gasteiger partial charge in [-0.15, -0.1) is 0 Å². The zero-order valence-corrected chi connectivity index (χ0v) is 8.32. The molecular formula is C9H21NO2. The van der Waals surface area contributed by atoms with Crippen LogP contribution in [0.3, 0.4) is 0 Å². The molecule has 1 atom stereocenters. The van der Waals surface area contributed by atoms with Crippen LogP contribution in [0.25, 0.3) is 0 Å². The highest BCUT2D eigenvalue weighted by Gasteiger charge is 2.15. The highest BCUT2D eigenvalue weighted by molar-refractivity contribution is 4.69. The summed E-state index contributed by atoms with van der Waals surface area (Å²) in [5.41, 5.74) is 0. The predicted octanol–water partition coefficient (Wildman–Crippen LogP) is 0.318. The van der Waals surface area contributed by atoms with Gasteiger partial charge < -0.3 is 10.2 Å². The Hall–Kier alpha value is -0.120. The maximum Gasteiger partial charge on any atom is 0.0558 e. The Morgan fingerprint density at radius 1 is 1.00 bits per heavy atom. The number of aliphatic hydroxyl groups excluding tert-OH is 2. The molecule has 3 nitrogen and oxygen atoms in total. The predicted molar refractivity (Wildman–Crippen MR) is 50.0 cm³/mol. The summed E-state index contributed by atoms with van der Waals surface area (Å²) in [6.07, 6.45) is 0. The maximum atomic E-state index is 8.77. The summed E-state index contributed by atoms with van der Waals surface area (Å²) in [6.45, 7) is 8.04. The first-order chi connectivity index (χ1) is 5.63. The third-order valence-electron chi connectivity index (χ3n) is 2.32. The van der Waals surface area contributed by atoms with Crippen molar-refractivity contribution < 1.29 is 10.2 Å². The molecule has 12 heavy (non-hydrogen) atoms. The molecule has 0 rings (SSSR count). The lowest BCUT2D eigenvalue weighted by Gasteiger charge is -2.30. The number of aliphatic hydroxyl groups is 2. The van der Waals surface area contributed by atoms with E-state index < -0.39 is 0 Å². The van der Waals surface area contributed by atoms with Gasteiger partial charge in [0.25, 0.3) is 0 Å². The largest absolute Gasteiger partial charge is 0.395 e. The van der Waals surface area contributed by atoms with Gasteiger partial charge in [-0.2, -0.15) is 0 Å². The molecule has 0 heterocycles. The molecule has 0 amide bonds. The van der Waals surface area contributed by atoms with Crippen LogP contribution < -0.4 is 0 Å². The van der Waals surface area contributed by atoms with Crippen molar-refractivity contribution in [2.24, 2.45) is 5.92 Å². The van der Waals surface area contributed by atoms with E-state index in [2.05, 4.69) is 25.7 Å². The summed E-state index contributed by atoms with van der Waals surface area (Å²) < 4.78 is 0. The van der Waals surface area contributed by atoms with Crippen molar-refractivity contribution in [2.75, 3.05) is 26.3 Å². The van der Waals surface area contributed by atoms with Crippen molar-refractivity contribution in [1.82, 2.24) is 4.90 Å². The van der Waals surface area contributed by atoms with E-state index in [1.165, 1.54) is 0 Å². The van der Waals surface area contributed by atoms with E-state index >= 15 is 0 Å². The minimum absolute atomic E-state index is 0.164. The average Bonchev–Trinajstić information content (AvgIpc) is 2.03. The van der Waals surface area contributed by atoms with Gasteiger partial charge in [0, 0.05) is 19.1 Å². The third kappa shape index (κ3) is 4.04. The van der Waals surface area contributed by atoms with Crippen LogP contribution in [0.4, 0.5) is 0 Å². The molecule has 0 aromatic rings. The van der Waals surface area contributed by atoms with Crippen LogP contribution in [-0.4, -0.2) is 47.5 Å². The molecule has 0 bridgehead atoms. The van der Waals surface area contributed by atoms with E-state index in [0.717, 1.165) is 0 Å². The van der Waals surface area contributed by atoms with Crippen molar-refractivity contribution >= 4 is 0 Å². The van der Waals surface area contributed by atoms with Gasteiger partial charge in [0.2, 0.25) is 0 Å². The van der Waals surface area contributed by atoms with Crippen LogP contribution in [-0.2, 0) is 0 Å². The smallest absolute Gasteiger partial charge is 0.0558 e. The Morgan fingerprint density at radius 3 is 1.67 bits per heavy atom. The molecule has 0 saturated heterocycles. The summed E-state index contributed by atoms with van der Waals surface area (Å²) in [5.74, 6) is 0.558. The molecule has 0 aliphatic rings. The van der Waals surface area contributed by atoms with Crippen molar-refractivity contribution in [1.29, 1.82) is 0 Å². The molecule has 0 unspecified atom stereocenters. The first kappa shape index (κ1) is 11.9. The minimum atomic E-state index is 0.164. The van der Waals surface area contributed by atoms with Crippen LogP contribution in [0.2, 0.25) is 0 Å². The lowest BCUT2D eigenvalue weighted by atomic mass is 10.0. The van der Waals surface area contributed by atoms with E-state index in [-0.39, 0.29) is 13.2 Å². The molecule has 0 aromatic carbocycles. The zero-order chi connectivity index (χ0) is 9.56. The molecule has 0 aliphatic heterocycles. The van der Waals surface area contributed by atoms with E-state index in [4.69, 9.17) is 10.2 Å². The van der Waals surface area contributed by atoms with E-state index in [1.807, 2.05) is 0 Å². The summed E-state index contributed by atoms with van der Waals surface area (Å²) in [6, 6.07) is 0.421. The number of hydrogen-bond acceptors (Lipinski definition) is 3. The Bertz CT molecular complexity index is 101. The quantitative estimate of drug-likeness (QED) is 0.611. The standard InChI is InChI=1S/C9H21NO2/c1-8(2)9(3)10(4-6-11)5-7-12/h8-9,11-12H,4-7H2,1-3H3/t9-/m1/s1. The summed E-state index contributed by atoms with van der Waals surface area (Å²) in [4.78, 5) is 2.10. The van der Waals surface area contributed by atoms with Crippen molar-refractivity contribution in [2.45, 2.75) is 26.8 Å². The molecule has 3 heteroatoms. The summed E-state index contributed by atoms with van der Waals surface area (Å²) >= 11 is 0. The molecule has 0 fully saturated rings. The topological polar surface area (TPSA) is 43.7 Å². The van der Waals surface area contributed by atoms with Crippen LogP contribution in [0.15, 0.2) is 0 Å². The first-order valence-electron chi connectivity index (χ1n) is 4.59. The van der Waals surface area contributed by atoms with Crippen molar-refractivity contribution in [3.63, 3.8) is 0 Å². The molecule has 74 valence electrons. The van der Waals surface area contributed by atoms with Crippen molar-refractivity contribution in [3.05, 3.63) is 0 Å². The summed E-state index contributed by atoms with van der Waals surface area (Å²) in [7, 11) is 0. The lowest BCUT2D eigenvalue weighted by molar-refractivity contribution is 0.107. The molecular weight excluding hydrogens is 154 g/mol. The second kappa shape index (κ2) is 6.40. The highest BCUT2D eigenvalue weighted by Crippen LogP contribution is 2.08. The monoisotopic (exact) mass is 175 g/mol. The molecule has 0 spiro atoms. The van der Waals surface area contributed by atoms with Gasteiger partial charge in [-0.25, -0.2) is 0 Å². The second-order valence-corrected chi connectivity index (χ2v) is 3.47. The Labute approximate surface area is 75.0 Å². The molecule has 0 saturated carbocycles. The van der Waals surface area contributed by atoms with Gasteiger partial charge >= 0.3 is 0 Å². The number of rotatable bonds is 6. The van der Waals surface area contributed by atoms with E-state index in [0.29, 0.717) is 25.0 Å². The zero-order valence-electron chi connectivity index (χ0n) is 8.32. The maximum absolute atomic E-state index is 8.77. The van der Waals surface area contributed by atoms with E-state index in [1.54, 1.807) is 0 Å². The van der Waals surface area contributed by atoms with Crippen LogP contribution in [0.1, 0.15) is 20.8 Å². The number of hydrogen-bond donors (Lipinski definition) is 2. The van der Waals surface area contributed by atoms with Crippen LogP contribution >= 0.6 is 0 Å². The normalized spacial score (nSPS) is 14.2. The fourth-order valence-electron chi connectivity index (χ4n) is 1.20. The van der Waals surface area contributed by atoms with Gasteiger partial charge in [0.05, 0.1) is 13.2 Å². The van der Waals surface area contributed by atoms with Gasteiger partial charge in [0.15, 0.2) is 0 Å².